The summed E-state index contributed by atoms with van der Waals surface area (Å²) in [7, 11) is 13.8. The Labute approximate surface area is 307 Å². The van der Waals surface area contributed by atoms with Gasteiger partial charge in [-0.05, 0) is 25.7 Å². The summed E-state index contributed by atoms with van der Waals surface area (Å²) >= 11 is 0. The molecule has 0 amide bonds. The predicted molar refractivity (Wildman–Crippen MR) is 205 cm³/mol. The summed E-state index contributed by atoms with van der Waals surface area (Å²) in [6, 6.07) is 0. The van der Waals surface area contributed by atoms with E-state index in [2.05, 4.69) is 56.1 Å². The van der Waals surface area contributed by atoms with E-state index in [1.54, 1.807) is 0 Å². The molecule has 284 valence electrons. The molecule has 0 atom stereocenters. The maximum atomic E-state index is 2.30. The first-order chi connectivity index (χ1) is 21.1. The van der Waals surface area contributed by atoms with Crippen molar-refractivity contribution in [3.05, 3.63) is 0 Å². The van der Waals surface area contributed by atoms with Crippen LogP contribution in [0.4, 0.5) is 0 Å². The fourth-order valence-corrected chi connectivity index (χ4v) is 6.27. The third-order valence-electron chi connectivity index (χ3n) is 9.36. The smallest absolute Gasteiger partial charge is 0.0780 e. The summed E-state index contributed by atoms with van der Waals surface area (Å²) in [6.45, 7) is 7.26. The number of nitrogens with zero attached hydrogens (tertiary/aromatic N) is 2. The van der Waals surface area contributed by atoms with Crippen molar-refractivity contribution in [1.29, 1.82) is 0 Å². The second-order valence-corrected chi connectivity index (χ2v) is 16.6. The van der Waals surface area contributed by atoms with Crippen LogP contribution >= 0.6 is 0 Å². The van der Waals surface area contributed by atoms with Gasteiger partial charge in [0.25, 0.3) is 0 Å². The lowest BCUT2D eigenvalue weighted by molar-refractivity contribution is -0.870. The van der Waals surface area contributed by atoms with Crippen molar-refractivity contribution in [3.63, 3.8) is 0 Å². The molecular weight excluding hydrogens is 603 g/mol. The van der Waals surface area contributed by atoms with E-state index in [1.807, 2.05) is 0 Å². The fraction of sp³-hybridized carbons (Fsp3) is 1.00. The van der Waals surface area contributed by atoms with Crippen LogP contribution in [-0.2, 0) is 0 Å². The second-order valence-electron chi connectivity index (χ2n) is 16.6. The van der Waals surface area contributed by atoms with Crippen LogP contribution in [0.15, 0.2) is 0 Å². The minimum absolute atomic E-state index is 0. The molecule has 2 nitrogen and oxygen atoms in total. The molecule has 0 radical (unpaired) electrons. The van der Waals surface area contributed by atoms with Gasteiger partial charge in [0, 0.05) is 0 Å². The molecule has 0 N–H and O–H groups in total. The van der Waals surface area contributed by atoms with E-state index in [1.165, 1.54) is 219 Å². The Morgan fingerprint density at radius 1 is 0.217 bits per heavy atom. The lowest BCUT2D eigenvalue weighted by Gasteiger charge is -2.23. The highest BCUT2D eigenvalue weighted by Crippen LogP contribution is 2.15. The first kappa shape index (κ1) is 53.3. The van der Waals surface area contributed by atoms with E-state index < -0.39 is 0 Å². The Kier molecular flexibility index (Phi) is 48.3. The molecule has 0 spiro atoms. The van der Waals surface area contributed by atoms with Gasteiger partial charge in [-0.3, -0.25) is 0 Å². The molecule has 0 saturated carbocycles. The minimum atomic E-state index is 0. The molecule has 4 heteroatoms. The van der Waals surface area contributed by atoms with E-state index in [4.69, 9.17) is 0 Å². The van der Waals surface area contributed by atoms with Gasteiger partial charge in [0.2, 0.25) is 0 Å². The van der Waals surface area contributed by atoms with Gasteiger partial charge in [0.1, 0.15) is 0 Å². The number of hydrogen-bond acceptors (Lipinski definition) is 0. The number of unbranched alkanes of at least 4 members (excludes halogenated alkanes) is 30. The highest BCUT2D eigenvalue weighted by Gasteiger charge is 2.06. The van der Waals surface area contributed by atoms with E-state index in [0.717, 1.165) is 8.97 Å². The molecule has 0 aliphatic carbocycles. The SMILES string of the molecule is CCCCCCCCCCCCCCCCCC[N+](C)(C)C.CCCCCCCCCCCCCCCCCC[N+](C)(C)C.[Cl-].[Cl-]. The lowest BCUT2D eigenvalue weighted by atomic mass is 10.0. The van der Waals surface area contributed by atoms with Gasteiger partial charge in [-0.25, -0.2) is 0 Å². The Bertz CT molecular complexity index is 467. The first-order valence-electron chi connectivity index (χ1n) is 20.7. The molecule has 46 heavy (non-hydrogen) atoms. The Morgan fingerprint density at radius 2 is 0.348 bits per heavy atom. The number of halogens is 2. The zero-order valence-electron chi connectivity index (χ0n) is 33.7. The van der Waals surface area contributed by atoms with Gasteiger partial charge in [0.15, 0.2) is 0 Å². The van der Waals surface area contributed by atoms with Crippen molar-refractivity contribution in [1.82, 2.24) is 0 Å². The van der Waals surface area contributed by atoms with Gasteiger partial charge in [-0.2, -0.15) is 0 Å². The number of quaternary nitrogens is 2. The number of hydrogen-bond donors (Lipinski definition) is 0. The van der Waals surface area contributed by atoms with E-state index in [0.29, 0.717) is 0 Å². The molecule has 0 aliphatic rings. The maximum absolute atomic E-state index is 2.30. The third kappa shape index (κ3) is 56.8. The molecule has 0 aliphatic heterocycles. The van der Waals surface area contributed by atoms with Gasteiger partial charge in [-0.1, -0.05) is 194 Å². The summed E-state index contributed by atoms with van der Waals surface area (Å²) in [5, 5.41) is 0. The van der Waals surface area contributed by atoms with Crippen LogP contribution in [0.2, 0.25) is 0 Å². The molecule has 0 bridgehead atoms. The quantitative estimate of drug-likeness (QED) is 0.0474. The van der Waals surface area contributed by atoms with Gasteiger partial charge >= 0.3 is 0 Å². The van der Waals surface area contributed by atoms with Crippen LogP contribution in [-0.4, -0.2) is 64.3 Å². The van der Waals surface area contributed by atoms with Crippen molar-refractivity contribution in [3.8, 4) is 0 Å². The normalized spacial score (nSPS) is 11.5. The average Bonchev–Trinajstić information content (AvgIpc) is 2.96. The first-order valence-corrected chi connectivity index (χ1v) is 20.7. The Morgan fingerprint density at radius 3 is 0.478 bits per heavy atom. The molecule has 0 unspecified atom stereocenters. The summed E-state index contributed by atoms with van der Waals surface area (Å²) in [6.07, 6.45) is 46.7. The molecule has 0 aromatic rings. The molecule has 0 saturated heterocycles. The minimum Gasteiger partial charge on any atom is -1.00 e. The van der Waals surface area contributed by atoms with Crippen molar-refractivity contribution >= 4 is 0 Å². The monoisotopic (exact) mass is 695 g/mol. The highest BCUT2D eigenvalue weighted by atomic mass is 35.5. The molecule has 0 aromatic carbocycles. The number of rotatable bonds is 34. The second kappa shape index (κ2) is 41.7. The van der Waals surface area contributed by atoms with Crippen LogP contribution in [0.5, 0.6) is 0 Å². The van der Waals surface area contributed by atoms with Gasteiger partial charge in [-0.15, -0.1) is 0 Å². The van der Waals surface area contributed by atoms with E-state index in [-0.39, 0.29) is 24.8 Å². The summed E-state index contributed by atoms with van der Waals surface area (Å²) in [5.74, 6) is 0. The van der Waals surface area contributed by atoms with E-state index >= 15 is 0 Å². The summed E-state index contributed by atoms with van der Waals surface area (Å²) in [5.41, 5.74) is 0. The lowest BCUT2D eigenvalue weighted by Crippen LogP contribution is -3.00. The Balaban J connectivity index is -0.000000367. The van der Waals surface area contributed by atoms with Crippen LogP contribution in [0.3, 0.4) is 0 Å². The highest BCUT2D eigenvalue weighted by molar-refractivity contribution is 4.51. The van der Waals surface area contributed by atoms with Gasteiger partial charge < -0.3 is 33.8 Å². The van der Waals surface area contributed by atoms with Crippen LogP contribution in [0.25, 0.3) is 0 Å². The maximum Gasteiger partial charge on any atom is 0.0780 e. The Hall–Kier alpha value is 0.500. The van der Waals surface area contributed by atoms with Crippen LogP contribution in [0, 0.1) is 0 Å². The third-order valence-corrected chi connectivity index (χ3v) is 9.36. The van der Waals surface area contributed by atoms with Crippen molar-refractivity contribution in [2.45, 2.75) is 219 Å². The van der Waals surface area contributed by atoms with E-state index in [9.17, 15) is 0 Å². The average molecular weight is 696 g/mol. The molecule has 0 heterocycles. The van der Waals surface area contributed by atoms with Crippen molar-refractivity contribution in [2.24, 2.45) is 0 Å². The summed E-state index contributed by atoms with van der Waals surface area (Å²) < 4.78 is 2.25. The largest absolute Gasteiger partial charge is 1.00 e. The standard InChI is InChI=1S/2C21H46N.2ClH/c2*1-5-6-7-8-9-10-11-12-13-14-15-16-17-18-19-20-21-22(2,3)4;;/h2*5-21H2,1-4H3;2*1H/q2*+1;;/p-2. The fourth-order valence-electron chi connectivity index (χ4n) is 6.27. The predicted octanol–water partition coefficient (Wildman–Crippen LogP) is 7.92. The topological polar surface area (TPSA) is 0 Å². The van der Waals surface area contributed by atoms with Crippen molar-refractivity contribution in [2.75, 3.05) is 55.4 Å². The molecule has 0 fully saturated rings. The van der Waals surface area contributed by atoms with Crippen LogP contribution < -0.4 is 24.8 Å². The molecular formula is C42H92Cl2N2. The zero-order valence-corrected chi connectivity index (χ0v) is 35.2. The summed E-state index contributed by atoms with van der Waals surface area (Å²) in [4.78, 5) is 0. The zero-order chi connectivity index (χ0) is 33.0. The van der Waals surface area contributed by atoms with Gasteiger partial charge in [0.05, 0.1) is 55.4 Å². The van der Waals surface area contributed by atoms with Crippen LogP contribution in [0.1, 0.15) is 219 Å². The molecule has 0 rings (SSSR count). The van der Waals surface area contributed by atoms with Crippen molar-refractivity contribution < 1.29 is 33.8 Å². The molecule has 0 aromatic heterocycles.